The number of sulfonamides is 1. The minimum absolute atomic E-state index is 0.169. The van der Waals surface area contributed by atoms with Gasteiger partial charge < -0.3 is 0 Å². The van der Waals surface area contributed by atoms with Gasteiger partial charge >= 0.3 is 13.7 Å². The van der Waals surface area contributed by atoms with Gasteiger partial charge in [0.1, 0.15) is 0 Å². The van der Waals surface area contributed by atoms with E-state index in [1.54, 1.807) is 4.72 Å². The Morgan fingerprint density at radius 3 is 2.33 bits per heavy atom. The fraction of sp³-hybridized carbons (Fsp3) is 0.0526. The largest absolute Gasteiger partial charge is 0.589 e. The van der Waals surface area contributed by atoms with Crippen molar-refractivity contribution in [3.8, 4) is 0 Å². The number of nitro benzene ring substituents is 1. The number of carbonyl (C=O) groups excluding carboxylic acids is 2. The van der Waals surface area contributed by atoms with Gasteiger partial charge in [-0.25, -0.2) is 13.1 Å². The predicted octanol–water partition coefficient (Wildman–Crippen LogP) is 3.46. The molecule has 0 heterocycles. The van der Waals surface area contributed by atoms with Crippen LogP contribution in [0.5, 0.6) is 0 Å². The molecule has 1 unspecified atom stereocenters. The van der Waals surface area contributed by atoms with Crippen molar-refractivity contribution in [1.29, 1.82) is 0 Å². The number of nitrogens with one attached hydrogen (secondary N) is 1. The van der Waals surface area contributed by atoms with Crippen LogP contribution in [0.2, 0.25) is 0 Å². The summed E-state index contributed by atoms with van der Waals surface area (Å²) in [7, 11) is -8.37. The van der Waals surface area contributed by atoms with Gasteiger partial charge in [0.2, 0.25) is 0 Å². The van der Waals surface area contributed by atoms with Crippen molar-refractivity contribution < 1.29 is 41.2 Å². The van der Waals surface area contributed by atoms with Crippen LogP contribution in [0.1, 0.15) is 26.3 Å². The van der Waals surface area contributed by atoms with Gasteiger partial charge in [-0.15, -0.1) is 8.78 Å². The van der Waals surface area contributed by atoms with Gasteiger partial charge in [-0.3, -0.25) is 19.7 Å². The predicted molar refractivity (Wildman–Crippen MR) is 111 cm³/mol. The molecule has 3 aromatic carbocycles. The highest BCUT2D eigenvalue weighted by molar-refractivity contribution is 7.90. The van der Waals surface area contributed by atoms with Crippen LogP contribution in [0.4, 0.5) is 14.5 Å². The van der Waals surface area contributed by atoms with Gasteiger partial charge in [0.25, 0.3) is 21.6 Å². The van der Waals surface area contributed by atoms with E-state index in [4.69, 9.17) is 4.89 Å². The zero-order chi connectivity index (χ0) is 24.6. The number of rotatable bonds is 7. The summed E-state index contributed by atoms with van der Waals surface area (Å²) in [6.07, 6.45) is 0.183. The molecule has 0 bridgehead atoms. The Hall–Kier alpha value is -3.67. The molecule has 33 heavy (non-hydrogen) atoms. The Bertz CT molecular complexity index is 1440. The van der Waals surface area contributed by atoms with Crippen LogP contribution in [0.25, 0.3) is 10.8 Å². The lowest BCUT2D eigenvalue weighted by molar-refractivity contribution is -0.385. The Morgan fingerprint density at radius 1 is 1.09 bits per heavy atom. The minimum Gasteiger partial charge on any atom is -0.298 e. The van der Waals surface area contributed by atoms with E-state index in [9.17, 15) is 41.5 Å². The first-order valence-corrected chi connectivity index (χ1v) is 11.5. The number of fused-ring (bicyclic) bond motifs is 1. The van der Waals surface area contributed by atoms with Crippen molar-refractivity contribution >= 4 is 46.7 Å². The maximum absolute atomic E-state index is 13.8. The van der Waals surface area contributed by atoms with Crippen molar-refractivity contribution in [2.24, 2.45) is 0 Å². The van der Waals surface area contributed by atoms with Crippen molar-refractivity contribution in [1.82, 2.24) is 4.72 Å². The highest BCUT2D eigenvalue weighted by Gasteiger charge is 2.53. The quantitative estimate of drug-likeness (QED) is 0.217. The van der Waals surface area contributed by atoms with E-state index in [1.807, 2.05) is 0 Å². The number of carbonyl (C=O) groups is 2. The van der Waals surface area contributed by atoms with Crippen LogP contribution in [0.15, 0.2) is 59.5 Å². The van der Waals surface area contributed by atoms with Gasteiger partial charge in [0, 0.05) is 11.6 Å². The molecule has 1 amide bonds. The molecule has 0 spiro atoms. The summed E-state index contributed by atoms with van der Waals surface area (Å²) in [5.74, 6) is -1.10. The molecule has 170 valence electrons. The van der Waals surface area contributed by atoms with Crippen LogP contribution >= 0.6 is 8.03 Å². The Balaban J connectivity index is 1.91. The maximum Gasteiger partial charge on any atom is 0.589 e. The number of hydrogen-bond acceptors (Lipinski definition) is 7. The number of nitro groups is 1. The van der Waals surface area contributed by atoms with Gasteiger partial charge in [0.05, 0.1) is 20.9 Å². The van der Waals surface area contributed by atoms with Crippen molar-refractivity contribution in [2.75, 3.05) is 0 Å². The molecule has 0 aromatic heterocycles. The maximum atomic E-state index is 13.8. The second kappa shape index (κ2) is 8.70. The monoisotopic (exact) mass is 497 g/mol. The van der Waals surface area contributed by atoms with Crippen LogP contribution in [0, 0.1) is 10.1 Å². The first-order valence-electron chi connectivity index (χ1n) is 8.76. The number of alkyl halides is 2. The smallest absolute Gasteiger partial charge is 0.298 e. The fourth-order valence-electron chi connectivity index (χ4n) is 2.87. The van der Waals surface area contributed by atoms with E-state index in [0.717, 1.165) is 30.3 Å². The Labute approximate surface area is 184 Å². The third-order valence-corrected chi connectivity index (χ3v) is 6.62. The Morgan fingerprint density at radius 2 is 1.73 bits per heavy atom. The molecule has 0 fully saturated rings. The SMILES string of the molecule is O=Cc1ccc(S(=O)(=O)NC(=O)c2ccc3cc(C(F)(F)[P+](=O)O)ccc3c2)cc1[N+](=O)[O-]. The van der Waals surface area contributed by atoms with Crippen LogP contribution in [0.3, 0.4) is 0 Å². The lowest BCUT2D eigenvalue weighted by Crippen LogP contribution is -2.30. The molecule has 2 N–H and O–H groups in total. The molecule has 0 saturated heterocycles. The van der Waals surface area contributed by atoms with Crippen LogP contribution in [-0.4, -0.2) is 30.4 Å². The molecule has 10 nitrogen and oxygen atoms in total. The topological polar surface area (TPSA) is 161 Å². The summed E-state index contributed by atoms with van der Waals surface area (Å²) in [6, 6.07) is 9.10. The first kappa shape index (κ1) is 24.0. The second-order valence-corrected chi connectivity index (χ2v) is 9.41. The number of halogens is 2. The molecule has 0 saturated carbocycles. The first-order chi connectivity index (χ1) is 15.4. The van der Waals surface area contributed by atoms with Gasteiger partial charge in [-0.1, -0.05) is 12.1 Å². The summed E-state index contributed by atoms with van der Waals surface area (Å²) in [5, 5.41) is 11.5. The van der Waals surface area contributed by atoms with Gasteiger partial charge in [-0.05, 0) is 51.7 Å². The minimum atomic E-state index is -4.56. The van der Waals surface area contributed by atoms with E-state index in [2.05, 4.69) is 0 Å². The number of hydrogen-bond donors (Lipinski definition) is 2. The normalized spacial score (nSPS) is 12.3. The van der Waals surface area contributed by atoms with Crippen LogP contribution < -0.4 is 4.72 Å². The Kier molecular flexibility index (Phi) is 6.32. The number of nitrogens with zero attached hydrogens (tertiary/aromatic N) is 1. The van der Waals surface area contributed by atoms with E-state index in [1.165, 1.54) is 18.2 Å². The average Bonchev–Trinajstić information content (AvgIpc) is 2.77. The lowest BCUT2D eigenvalue weighted by atomic mass is 10.0. The van der Waals surface area contributed by atoms with Gasteiger partial charge in [0.15, 0.2) is 6.29 Å². The van der Waals surface area contributed by atoms with Crippen molar-refractivity contribution in [2.45, 2.75) is 10.6 Å². The lowest BCUT2D eigenvalue weighted by Gasteiger charge is -2.09. The summed E-state index contributed by atoms with van der Waals surface area (Å²) in [6.45, 7) is 0. The molecule has 0 aliphatic carbocycles. The zero-order valence-corrected chi connectivity index (χ0v) is 17.8. The summed E-state index contributed by atoms with van der Waals surface area (Å²) >= 11 is 0. The molecular formula is C19H12F2N2O8PS+. The molecule has 0 aliphatic heterocycles. The van der Waals surface area contributed by atoms with E-state index in [0.29, 0.717) is 6.07 Å². The molecule has 14 heteroatoms. The molecule has 3 rings (SSSR count). The van der Waals surface area contributed by atoms with Gasteiger partial charge in [-0.2, -0.15) is 4.89 Å². The third kappa shape index (κ3) is 4.75. The average molecular weight is 497 g/mol. The third-order valence-electron chi connectivity index (χ3n) is 4.55. The summed E-state index contributed by atoms with van der Waals surface area (Å²) < 4.78 is 65.1. The fourth-order valence-corrected chi connectivity index (χ4v) is 4.23. The summed E-state index contributed by atoms with van der Waals surface area (Å²) in [4.78, 5) is 41.6. The zero-order valence-electron chi connectivity index (χ0n) is 16.1. The molecule has 1 atom stereocenters. The van der Waals surface area contributed by atoms with E-state index < -0.39 is 50.7 Å². The van der Waals surface area contributed by atoms with E-state index >= 15 is 0 Å². The number of aldehydes is 1. The highest BCUT2D eigenvalue weighted by atomic mass is 32.2. The molecular weight excluding hydrogens is 485 g/mol. The molecule has 0 radical (unpaired) electrons. The van der Waals surface area contributed by atoms with E-state index in [-0.39, 0.29) is 28.2 Å². The van der Waals surface area contributed by atoms with Crippen molar-refractivity contribution in [3.63, 3.8) is 0 Å². The van der Waals surface area contributed by atoms with Crippen LogP contribution in [-0.2, 0) is 20.3 Å². The second-order valence-electron chi connectivity index (χ2n) is 6.62. The number of benzene rings is 3. The number of amides is 1. The molecule has 0 aliphatic rings. The highest BCUT2D eigenvalue weighted by Crippen LogP contribution is 2.47. The summed E-state index contributed by atoms with van der Waals surface area (Å²) in [5.41, 5.74) is -5.97. The standard InChI is InChI=1S/C19H11F2N2O8PS/c20-19(21,32(28)29)15-5-3-11-7-13(2-1-12(11)8-15)18(25)22-33(30,31)16-6-4-14(10-24)17(9-16)23(26)27/h1-10H,(H-,22,25,28,29)/p+1. The van der Waals surface area contributed by atoms with Crippen molar-refractivity contribution in [3.05, 3.63) is 81.4 Å². The molecule has 3 aromatic rings.